The molecule has 0 bridgehead atoms. The largest absolute Gasteiger partial charge is 0.493 e. The molecule has 0 unspecified atom stereocenters. The Balaban J connectivity index is 0.00000392. The van der Waals surface area contributed by atoms with Gasteiger partial charge >= 0.3 is 0 Å². The maximum absolute atomic E-state index is 5.35. The standard InChI is InChI=1S/C20H30N4O2S.HI/c1-14-15(2)27-19(24-14)10-12-23-20(21-3)22-11-6-7-16-8-9-17(25-4)18(13-16)26-5;/h8-9,13H,6-7,10-12H2,1-5H3,(H2,21,22,23);1H. The third kappa shape index (κ3) is 7.46. The van der Waals surface area contributed by atoms with Crippen LogP contribution in [0.3, 0.4) is 0 Å². The van der Waals surface area contributed by atoms with Crippen LogP contribution in [0, 0.1) is 13.8 Å². The van der Waals surface area contributed by atoms with Gasteiger partial charge in [0, 0.05) is 31.4 Å². The lowest BCUT2D eigenvalue weighted by Crippen LogP contribution is -2.38. The second-order valence-electron chi connectivity index (χ2n) is 6.22. The van der Waals surface area contributed by atoms with Crippen molar-refractivity contribution < 1.29 is 9.47 Å². The van der Waals surface area contributed by atoms with Crippen LogP contribution in [0.4, 0.5) is 0 Å². The summed E-state index contributed by atoms with van der Waals surface area (Å²) < 4.78 is 10.6. The molecule has 0 radical (unpaired) electrons. The van der Waals surface area contributed by atoms with Crippen molar-refractivity contribution in [1.29, 1.82) is 0 Å². The number of aryl methyl sites for hydroxylation is 3. The van der Waals surface area contributed by atoms with Crippen LogP contribution in [0.5, 0.6) is 11.5 Å². The fourth-order valence-electron chi connectivity index (χ4n) is 2.69. The van der Waals surface area contributed by atoms with Crippen LogP contribution in [-0.2, 0) is 12.8 Å². The summed E-state index contributed by atoms with van der Waals surface area (Å²) in [5, 5.41) is 7.88. The van der Waals surface area contributed by atoms with E-state index < -0.39 is 0 Å². The molecule has 1 aromatic carbocycles. The number of nitrogens with one attached hydrogen (secondary N) is 2. The van der Waals surface area contributed by atoms with Gasteiger partial charge in [-0.1, -0.05) is 6.07 Å². The fourth-order valence-corrected chi connectivity index (χ4v) is 3.62. The second-order valence-corrected chi connectivity index (χ2v) is 7.51. The number of aromatic nitrogens is 1. The van der Waals surface area contributed by atoms with Crippen molar-refractivity contribution in [3.05, 3.63) is 39.3 Å². The SMILES string of the molecule is CN=C(NCCCc1ccc(OC)c(OC)c1)NCCc1nc(C)c(C)s1.I. The molecule has 2 aromatic rings. The van der Waals surface area contributed by atoms with E-state index in [1.54, 1.807) is 32.6 Å². The van der Waals surface area contributed by atoms with Gasteiger partial charge in [0.1, 0.15) is 0 Å². The van der Waals surface area contributed by atoms with Crippen LogP contribution in [0.2, 0.25) is 0 Å². The Morgan fingerprint density at radius 1 is 1.07 bits per heavy atom. The highest BCUT2D eigenvalue weighted by Gasteiger charge is 2.06. The molecule has 0 aliphatic carbocycles. The molecule has 0 saturated carbocycles. The summed E-state index contributed by atoms with van der Waals surface area (Å²) in [6.07, 6.45) is 2.87. The first-order valence-corrected chi connectivity index (χ1v) is 9.97. The van der Waals surface area contributed by atoms with Crippen LogP contribution in [0.25, 0.3) is 0 Å². The fraction of sp³-hybridized carbons (Fsp3) is 0.500. The summed E-state index contributed by atoms with van der Waals surface area (Å²) in [6.45, 7) is 5.84. The molecule has 2 rings (SSSR count). The number of ether oxygens (including phenoxy) is 2. The summed E-state index contributed by atoms with van der Waals surface area (Å²) in [4.78, 5) is 10.1. The highest BCUT2D eigenvalue weighted by atomic mass is 127. The summed E-state index contributed by atoms with van der Waals surface area (Å²) in [5.74, 6) is 2.36. The number of benzene rings is 1. The lowest BCUT2D eigenvalue weighted by atomic mass is 10.1. The Hall–Kier alpha value is -1.55. The van der Waals surface area contributed by atoms with Crippen molar-refractivity contribution in [3.8, 4) is 11.5 Å². The lowest BCUT2D eigenvalue weighted by molar-refractivity contribution is 0.354. The predicted molar refractivity (Wildman–Crippen MR) is 128 cm³/mol. The molecule has 0 amide bonds. The second kappa shape index (κ2) is 12.8. The maximum atomic E-state index is 5.35. The van der Waals surface area contributed by atoms with Crippen molar-refractivity contribution in [2.45, 2.75) is 33.1 Å². The van der Waals surface area contributed by atoms with E-state index in [1.165, 1.54) is 15.4 Å². The predicted octanol–water partition coefficient (Wildman–Crippen LogP) is 3.74. The van der Waals surface area contributed by atoms with Gasteiger partial charge in [0.15, 0.2) is 17.5 Å². The molecule has 0 fully saturated rings. The molecule has 0 atom stereocenters. The van der Waals surface area contributed by atoms with Crippen LogP contribution < -0.4 is 20.1 Å². The average Bonchev–Trinajstić information content (AvgIpc) is 3.00. The summed E-state index contributed by atoms with van der Waals surface area (Å²) in [6, 6.07) is 6.06. The van der Waals surface area contributed by atoms with E-state index in [0.717, 1.165) is 55.5 Å². The quantitative estimate of drug-likeness (QED) is 0.229. The summed E-state index contributed by atoms with van der Waals surface area (Å²) in [7, 11) is 5.10. The van der Waals surface area contributed by atoms with E-state index in [2.05, 4.69) is 40.5 Å². The Morgan fingerprint density at radius 3 is 2.39 bits per heavy atom. The van der Waals surface area contributed by atoms with E-state index in [0.29, 0.717) is 0 Å². The monoisotopic (exact) mass is 518 g/mol. The number of methoxy groups -OCH3 is 2. The van der Waals surface area contributed by atoms with Gasteiger partial charge in [0.2, 0.25) is 0 Å². The number of thiazole rings is 1. The molecule has 1 heterocycles. The third-order valence-corrected chi connectivity index (χ3v) is 5.44. The maximum Gasteiger partial charge on any atom is 0.190 e. The minimum atomic E-state index is 0. The Labute approximate surface area is 189 Å². The number of hydrogen-bond donors (Lipinski definition) is 2. The molecule has 0 saturated heterocycles. The zero-order valence-electron chi connectivity index (χ0n) is 17.3. The van der Waals surface area contributed by atoms with Crippen molar-refractivity contribution in [1.82, 2.24) is 15.6 Å². The van der Waals surface area contributed by atoms with Crippen molar-refractivity contribution in [3.63, 3.8) is 0 Å². The third-order valence-electron chi connectivity index (χ3n) is 4.31. The van der Waals surface area contributed by atoms with Crippen LogP contribution in [0.1, 0.15) is 27.6 Å². The molecule has 8 heteroatoms. The van der Waals surface area contributed by atoms with E-state index in [-0.39, 0.29) is 24.0 Å². The molecule has 1 aromatic heterocycles. The number of halogens is 1. The Bertz CT molecular complexity index is 745. The van der Waals surface area contributed by atoms with Crippen LogP contribution >= 0.6 is 35.3 Å². The van der Waals surface area contributed by atoms with Crippen molar-refractivity contribution in [2.75, 3.05) is 34.4 Å². The first-order chi connectivity index (χ1) is 13.1. The molecule has 28 heavy (non-hydrogen) atoms. The number of hydrogen-bond acceptors (Lipinski definition) is 5. The average molecular weight is 518 g/mol. The topological polar surface area (TPSA) is 67.8 Å². The Morgan fingerprint density at radius 2 is 1.79 bits per heavy atom. The summed E-state index contributed by atoms with van der Waals surface area (Å²) in [5.41, 5.74) is 2.36. The normalized spacial score (nSPS) is 11.0. The van der Waals surface area contributed by atoms with E-state index in [4.69, 9.17) is 9.47 Å². The molecule has 0 aliphatic rings. The molecule has 156 valence electrons. The molecule has 6 nitrogen and oxygen atoms in total. The molecular formula is C20H31IN4O2S. The first-order valence-electron chi connectivity index (χ1n) is 9.15. The molecule has 0 aliphatic heterocycles. The van der Waals surface area contributed by atoms with Gasteiger partial charge < -0.3 is 20.1 Å². The number of nitrogens with zero attached hydrogens (tertiary/aromatic N) is 2. The number of aliphatic imine (C=N–C) groups is 1. The number of guanidine groups is 1. The highest BCUT2D eigenvalue weighted by molar-refractivity contribution is 14.0. The van der Waals surface area contributed by atoms with Crippen LogP contribution in [0.15, 0.2) is 23.2 Å². The zero-order valence-corrected chi connectivity index (χ0v) is 20.4. The van der Waals surface area contributed by atoms with Crippen LogP contribution in [-0.4, -0.2) is 45.3 Å². The highest BCUT2D eigenvalue weighted by Crippen LogP contribution is 2.27. The van der Waals surface area contributed by atoms with E-state index >= 15 is 0 Å². The lowest BCUT2D eigenvalue weighted by Gasteiger charge is -2.12. The van der Waals surface area contributed by atoms with Gasteiger partial charge in [-0.2, -0.15) is 0 Å². The van der Waals surface area contributed by atoms with Crippen molar-refractivity contribution >= 4 is 41.3 Å². The van der Waals surface area contributed by atoms with Gasteiger partial charge in [-0.15, -0.1) is 35.3 Å². The minimum absolute atomic E-state index is 0. The van der Waals surface area contributed by atoms with Gasteiger partial charge in [-0.25, -0.2) is 4.98 Å². The van der Waals surface area contributed by atoms with Gasteiger partial charge in [-0.3, -0.25) is 4.99 Å². The van der Waals surface area contributed by atoms with E-state index in [1.807, 2.05) is 12.1 Å². The van der Waals surface area contributed by atoms with Crippen molar-refractivity contribution in [2.24, 2.45) is 4.99 Å². The van der Waals surface area contributed by atoms with E-state index in [9.17, 15) is 0 Å². The first kappa shape index (κ1) is 24.5. The zero-order chi connectivity index (χ0) is 19.6. The van der Waals surface area contributed by atoms with Gasteiger partial charge in [-0.05, 0) is 44.4 Å². The van der Waals surface area contributed by atoms with Gasteiger partial charge in [0.25, 0.3) is 0 Å². The Kier molecular flexibility index (Phi) is 11.2. The molecule has 0 spiro atoms. The summed E-state index contributed by atoms with van der Waals surface area (Å²) >= 11 is 1.77. The smallest absolute Gasteiger partial charge is 0.190 e. The number of rotatable bonds is 9. The minimum Gasteiger partial charge on any atom is -0.493 e. The molecular weight excluding hydrogens is 487 g/mol. The van der Waals surface area contributed by atoms with Gasteiger partial charge in [0.05, 0.1) is 24.9 Å². The molecule has 2 N–H and O–H groups in total.